The van der Waals surface area contributed by atoms with Crippen LogP contribution in [0.5, 0.6) is 0 Å². The number of carbonyl (C=O) groups excluding carboxylic acids is 1. The zero-order valence-corrected chi connectivity index (χ0v) is 31.4. The molecule has 0 spiro atoms. The van der Waals surface area contributed by atoms with Crippen molar-refractivity contribution in [1.29, 1.82) is 0 Å². The van der Waals surface area contributed by atoms with E-state index >= 15 is 0 Å². The summed E-state index contributed by atoms with van der Waals surface area (Å²) in [7, 11) is -0.453. The summed E-state index contributed by atoms with van der Waals surface area (Å²) in [5.41, 5.74) is 0. The molecule has 0 fully saturated rings. The molecule has 176 valence electrons. The molecular formula is C21H11Br9O2S. The third-order valence-electron chi connectivity index (χ3n) is 3.79. The number of benzene rings is 3. The van der Waals surface area contributed by atoms with Crippen molar-refractivity contribution in [3.8, 4) is 0 Å². The molecule has 33 heavy (non-hydrogen) atoms. The molecule has 2 nitrogen and oxygen atoms in total. The lowest BCUT2D eigenvalue weighted by atomic mass is 10.3. The summed E-state index contributed by atoms with van der Waals surface area (Å²) in [5, 5.41) is 9.26. The number of carboxylic acids is 1. The number of hydrogen-bond donors (Lipinski definition) is 0. The van der Waals surface area contributed by atoms with Crippen LogP contribution in [0, 0.1) is 0 Å². The van der Waals surface area contributed by atoms with Crippen LogP contribution < -0.4 is 5.11 Å². The monoisotopic (exact) mass is 1040 g/mol. The average Bonchev–Trinajstić information content (AvgIpc) is 2.65. The molecule has 3 rings (SSSR count). The Morgan fingerprint density at radius 3 is 0.939 bits per heavy atom. The van der Waals surface area contributed by atoms with Gasteiger partial charge in [0.2, 0.25) is 0 Å². The predicted molar refractivity (Wildman–Crippen MR) is 166 cm³/mol. The van der Waals surface area contributed by atoms with Crippen LogP contribution in [-0.4, -0.2) is 5.97 Å². The number of rotatable bonds is 4. The maximum atomic E-state index is 9.26. The van der Waals surface area contributed by atoms with E-state index in [2.05, 4.69) is 180 Å². The van der Waals surface area contributed by atoms with Crippen LogP contribution in [0.2, 0.25) is 0 Å². The Hall–Kier alpha value is 1.80. The van der Waals surface area contributed by atoms with Crippen molar-refractivity contribution in [3.05, 3.63) is 76.7 Å². The minimum Gasteiger partial charge on any atom is -0.550 e. The fourth-order valence-electron chi connectivity index (χ4n) is 2.48. The van der Waals surface area contributed by atoms with Gasteiger partial charge in [0.15, 0.2) is 14.7 Å². The summed E-state index contributed by atoms with van der Waals surface area (Å²) >= 11 is 33.5. The van der Waals surface area contributed by atoms with Crippen LogP contribution in [0.1, 0.15) is 13.3 Å². The highest BCUT2D eigenvalue weighted by atomic mass is 79.9. The molecule has 0 radical (unpaired) electrons. The normalized spacial score (nSPS) is 10.8. The van der Waals surface area contributed by atoms with E-state index in [1.165, 1.54) is 6.92 Å². The molecule has 0 saturated heterocycles. The van der Waals surface area contributed by atoms with Crippen LogP contribution >= 0.6 is 143 Å². The van der Waals surface area contributed by atoms with Gasteiger partial charge in [0.1, 0.15) is 10.9 Å². The lowest BCUT2D eigenvalue weighted by molar-refractivity contribution is -0.305. The number of halogens is 9. The first-order valence-corrected chi connectivity index (χ1v) is 17.1. The van der Waals surface area contributed by atoms with Gasteiger partial charge in [-0.1, -0.05) is 54.7 Å². The van der Waals surface area contributed by atoms with Gasteiger partial charge < -0.3 is 9.90 Å². The number of hydrogen-bond acceptors (Lipinski definition) is 2. The summed E-state index contributed by atoms with van der Waals surface area (Å²) in [6.45, 7) is 1.54. The van der Waals surface area contributed by atoms with E-state index in [4.69, 9.17) is 0 Å². The molecular weight excluding hydrogens is 1040 g/mol. The second-order valence-corrected chi connectivity index (χ2v) is 15.8. The Morgan fingerprint density at radius 1 is 0.606 bits per heavy atom. The van der Waals surface area contributed by atoms with E-state index in [1.807, 2.05) is 0 Å². The first-order chi connectivity index (χ1) is 15.4. The Kier molecular flexibility index (Phi) is 13.2. The van der Waals surface area contributed by atoms with Crippen LogP contribution in [0.15, 0.2) is 91.3 Å². The van der Waals surface area contributed by atoms with Gasteiger partial charge in [-0.15, -0.1) is 0 Å². The van der Waals surface area contributed by atoms with Crippen molar-refractivity contribution in [2.24, 2.45) is 0 Å². The molecule has 0 unspecified atom stereocenters. The maximum absolute atomic E-state index is 9.26. The molecule has 0 saturated carbocycles. The predicted octanol–water partition coefficient (Wildman–Crippen LogP) is 10.8. The van der Waals surface area contributed by atoms with Crippen molar-refractivity contribution in [3.63, 3.8) is 0 Å². The van der Waals surface area contributed by atoms with E-state index in [1.54, 1.807) is 0 Å². The van der Waals surface area contributed by atoms with Crippen molar-refractivity contribution < 1.29 is 9.90 Å². The molecule has 0 aliphatic heterocycles. The van der Waals surface area contributed by atoms with E-state index in [9.17, 15) is 9.90 Å². The van der Waals surface area contributed by atoms with Crippen LogP contribution in [0.25, 0.3) is 0 Å². The van der Waals surface area contributed by atoms with Crippen molar-refractivity contribution in [2.75, 3.05) is 0 Å². The smallest absolute Gasteiger partial charge is 0.195 e. The molecule has 0 heterocycles. The van der Waals surface area contributed by atoms with Gasteiger partial charge in [-0.25, -0.2) is 0 Å². The lowest BCUT2D eigenvalue weighted by Crippen LogP contribution is -2.19. The Balaban J connectivity index is 0.000000696. The Bertz CT molecular complexity index is 995. The fourth-order valence-corrected chi connectivity index (χ4v) is 14.3. The van der Waals surface area contributed by atoms with Gasteiger partial charge in [-0.2, -0.15) is 0 Å². The van der Waals surface area contributed by atoms with E-state index in [0.717, 1.165) is 54.9 Å². The minimum atomic E-state index is -0.995. The number of carbonyl (C=O) groups is 1. The summed E-state index contributed by atoms with van der Waals surface area (Å²) < 4.78 is 9.09. The molecule has 0 bridgehead atoms. The van der Waals surface area contributed by atoms with Crippen LogP contribution in [0.4, 0.5) is 0 Å². The second kappa shape index (κ2) is 14.1. The van der Waals surface area contributed by atoms with Gasteiger partial charge in [0.25, 0.3) is 0 Å². The standard InChI is InChI=1S/C18H6Br9S.C3H6O2/c19-7-1-10(22)16(11(23)2-7)28(17-12(24)3-8(20)4-13(17)25)18-14(26)5-9(21)6-15(18)27;1-2-3(4)5/h1-6H;2H2,1H3,(H,4,5)/q+1;/p-1. The highest BCUT2D eigenvalue weighted by molar-refractivity contribution is 9.12. The molecule has 12 heteroatoms. The van der Waals surface area contributed by atoms with Crippen molar-refractivity contribution in [2.45, 2.75) is 28.0 Å². The third kappa shape index (κ3) is 8.40. The van der Waals surface area contributed by atoms with E-state index < -0.39 is 16.9 Å². The zero-order chi connectivity index (χ0) is 25.0. The molecule has 0 N–H and O–H groups in total. The molecule has 3 aromatic carbocycles. The maximum Gasteiger partial charge on any atom is 0.195 e. The molecule has 0 aromatic heterocycles. The first-order valence-electron chi connectivity index (χ1n) is 8.75. The molecule has 0 aliphatic carbocycles. The SMILES string of the molecule is Brc1cc(Br)c([S+](c2c(Br)cc(Br)cc2Br)c2c(Br)cc(Br)cc2Br)c(Br)c1.CCC(=O)[O-]. The fraction of sp³-hybridized carbons (Fsp3) is 0.0952. The molecule has 0 atom stereocenters. The topological polar surface area (TPSA) is 40.1 Å². The lowest BCUT2D eigenvalue weighted by Gasteiger charge is -2.16. The van der Waals surface area contributed by atoms with Gasteiger partial charge in [-0.05, 0) is 138 Å². The Morgan fingerprint density at radius 2 is 0.788 bits per heavy atom. The molecule has 0 amide bonds. The van der Waals surface area contributed by atoms with Gasteiger partial charge in [0.05, 0.1) is 26.8 Å². The molecule has 0 aliphatic rings. The average molecular weight is 1050 g/mol. The van der Waals surface area contributed by atoms with E-state index in [-0.39, 0.29) is 6.42 Å². The summed E-state index contributed by atoms with van der Waals surface area (Å²) in [4.78, 5) is 12.7. The first kappa shape index (κ1) is 31.0. The highest BCUT2D eigenvalue weighted by Gasteiger charge is 2.40. The van der Waals surface area contributed by atoms with E-state index in [0.29, 0.717) is 0 Å². The number of aliphatic carboxylic acids is 1. The van der Waals surface area contributed by atoms with Gasteiger partial charge in [0, 0.05) is 19.4 Å². The number of carboxylic acid groups (broad SMARTS) is 1. The highest BCUT2D eigenvalue weighted by Crippen LogP contribution is 2.50. The second-order valence-electron chi connectivity index (χ2n) is 6.13. The Labute approximate surface area is 271 Å². The summed E-state index contributed by atoms with van der Waals surface area (Å²) in [6.07, 6.45) is 0.111. The summed E-state index contributed by atoms with van der Waals surface area (Å²) in [6, 6.07) is 12.4. The summed E-state index contributed by atoms with van der Waals surface area (Å²) in [5.74, 6) is -0.995. The minimum absolute atomic E-state index is 0.111. The van der Waals surface area contributed by atoms with Crippen molar-refractivity contribution >= 4 is 160 Å². The van der Waals surface area contributed by atoms with Crippen LogP contribution in [0.3, 0.4) is 0 Å². The van der Waals surface area contributed by atoms with Crippen molar-refractivity contribution in [1.82, 2.24) is 0 Å². The third-order valence-corrected chi connectivity index (χ3v) is 13.0. The van der Waals surface area contributed by atoms with Crippen LogP contribution in [-0.2, 0) is 15.7 Å². The largest absolute Gasteiger partial charge is 0.550 e. The quantitative estimate of drug-likeness (QED) is 0.244. The van der Waals surface area contributed by atoms with Gasteiger partial charge in [-0.3, -0.25) is 0 Å². The molecule has 3 aromatic rings. The van der Waals surface area contributed by atoms with Gasteiger partial charge >= 0.3 is 0 Å². The zero-order valence-electron chi connectivity index (χ0n) is 16.3.